The van der Waals surface area contributed by atoms with Crippen LogP contribution < -0.4 is 21.3 Å². The van der Waals surface area contributed by atoms with Gasteiger partial charge in [0.15, 0.2) is 5.50 Å². The van der Waals surface area contributed by atoms with Gasteiger partial charge in [0, 0.05) is 19.8 Å². The van der Waals surface area contributed by atoms with Crippen molar-refractivity contribution in [3.8, 4) is 0 Å². The summed E-state index contributed by atoms with van der Waals surface area (Å²) in [4.78, 5) is 0. The van der Waals surface area contributed by atoms with Crippen LogP contribution in [-0.2, 0) is 10.1 Å². The van der Waals surface area contributed by atoms with Crippen molar-refractivity contribution in [1.29, 1.82) is 0 Å². The Balaban J connectivity index is 2.42. The van der Waals surface area contributed by atoms with E-state index in [1.807, 2.05) is 0 Å². The topological polar surface area (TPSA) is 102 Å². The molecule has 1 aliphatic rings. The molecule has 8 heteroatoms. The van der Waals surface area contributed by atoms with E-state index >= 15 is 0 Å². The average molecular weight is 252 g/mol. The van der Waals surface area contributed by atoms with Crippen LogP contribution in [0.4, 0.5) is 0 Å². The lowest BCUT2D eigenvalue weighted by atomic mass is 10.3. The maximum Gasteiger partial charge on any atom is 0.295 e. The van der Waals surface area contributed by atoms with E-state index in [0.717, 1.165) is 32.5 Å². The molecule has 1 atom stereocenters. The van der Waals surface area contributed by atoms with Gasteiger partial charge in [-0.1, -0.05) is 0 Å². The van der Waals surface area contributed by atoms with Crippen molar-refractivity contribution >= 4 is 10.1 Å². The number of hydrogen-bond acceptors (Lipinski definition) is 6. The Hall–Kier alpha value is -0.250. The highest BCUT2D eigenvalue weighted by molar-refractivity contribution is 7.86. The zero-order valence-corrected chi connectivity index (χ0v) is 10.0. The Morgan fingerprint density at radius 2 is 1.62 bits per heavy atom. The first-order valence-corrected chi connectivity index (χ1v) is 6.95. The molecule has 0 aromatic heterocycles. The Kier molecular flexibility index (Phi) is 6.17. The molecule has 0 amide bonds. The molecule has 1 fully saturated rings. The second-order valence-corrected chi connectivity index (χ2v) is 5.19. The summed E-state index contributed by atoms with van der Waals surface area (Å²) >= 11 is 0. The quantitative estimate of drug-likeness (QED) is 0.353. The van der Waals surface area contributed by atoms with Gasteiger partial charge in [0.1, 0.15) is 0 Å². The van der Waals surface area contributed by atoms with Gasteiger partial charge < -0.3 is 10.6 Å². The second kappa shape index (κ2) is 7.15. The molecular formula is C8H20N4O3S. The Labute approximate surface area is 96.1 Å². The maximum absolute atomic E-state index is 11.0. The van der Waals surface area contributed by atoms with Gasteiger partial charge in [0.2, 0.25) is 0 Å². The zero-order chi connectivity index (χ0) is 11.9. The summed E-state index contributed by atoms with van der Waals surface area (Å²) in [5.74, 6) is 0. The van der Waals surface area contributed by atoms with E-state index in [1.165, 1.54) is 0 Å². The van der Waals surface area contributed by atoms with E-state index < -0.39 is 15.6 Å². The maximum atomic E-state index is 11.0. The smallest absolute Gasteiger partial charge is 0.295 e. The molecule has 0 aromatic rings. The van der Waals surface area contributed by atoms with Gasteiger partial charge in [-0.25, -0.2) is 0 Å². The minimum absolute atomic E-state index is 0.332. The van der Waals surface area contributed by atoms with E-state index in [9.17, 15) is 8.42 Å². The third kappa shape index (κ3) is 5.73. The van der Waals surface area contributed by atoms with Crippen LogP contribution in [0, 0.1) is 0 Å². The normalized spacial score (nSPS) is 26.7. The fraction of sp³-hybridized carbons (Fsp3) is 1.00. The summed E-state index contributed by atoms with van der Waals surface area (Å²) in [7, 11) is -4.09. The van der Waals surface area contributed by atoms with Crippen molar-refractivity contribution in [1.82, 2.24) is 21.3 Å². The van der Waals surface area contributed by atoms with E-state index in [4.69, 9.17) is 4.55 Å². The van der Waals surface area contributed by atoms with Crippen LogP contribution in [0.25, 0.3) is 0 Å². The molecule has 1 rings (SSSR count). The summed E-state index contributed by atoms with van der Waals surface area (Å²) < 4.78 is 30.9. The molecule has 0 spiro atoms. The highest BCUT2D eigenvalue weighted by Gasteiger charge is 2.20. The number of hydrogen-bond donors (Lipinski definition) is 5. The van der Waals surface area contributed by atoms with Gasteiger partial charge in [-0.2, -0.15) is 8.42 Å². The van der Waals surface area contributed by atoms with E-state index in [-0.39, 0.29) is 0 Å². The lowest BCUT2D eigenvalue weighted by Crippen LogP contribution is -2.51. The van der Waals surface area contributed by atoms with Crippen molar-refractivity contribution in [3.05, 3.63) is 0 Å². The number of nitrogens with one attached hydrogen (secondary N) is 4. The van der Waals surface area contributed by atoms with E-state index in [0.29, 0.717) is 13.2 Å². The highest BCUT2D eigenvalue weighted by atomic mass is 32.2. The molecule has 1 saturated heterocycles. The molecule has 0 radical (unpaired) electrons. The van der Waals surface area contributed by atoms with Crippen LogP contribution in [-0.4, -0.2) is 51.3 Å². The van der Waals surface area contributed by atoms with Gasteiger partial charge in [-0.3, -0.25) is 15.2 Å². The van der Waals surface area contributed by atoms with Crippen LogP contribution in [0.3, 0.4) is 0 Å². The fourth-order valence-electron chi connectivity index (χ4n) is 1.45. The van der Waals surface area contributed by atoms with E-state index in [1.54, 1.807) is 0 Å². The Morgan fingerprint density at radius 1 is 0.938 bits per heavy atom. The first kappa shape index (κ1) is 13.8. The van der Waals surface area contributed by atoms with Gasteiger partial charge in [-0.15, -0.1) is 0 Å². The molecule has 5 N–H and O–H groups in total. The largest absolute Gasteiger partial charge is 0.315 e. The number of rotatable bonds is 1. The van der Waals surface area contributed by atoms with Crippen LogP contribution in [0.5, 0.6) is 0 Å². The molecular weight excluding hydrogens is 232 g/mol. The highest BCUT2D eigenvalue weighted by Crippen LogP contribution is 1.92. The zero-order valence-electron chi connectivity index (χ0n) is 9.20. The molecule has 0 aliphatic carbocycles. The minimum Gasteiger partial charge on any atom is -0.315 e. The van der Waals surface area contributed by atoms with Crippen molar-refractivity contribution in [2.75, 3.05) is 32.8 Å². The predicted octanol–water partition coefficient (Wildman–Crippen LogP) is -1.73. The molecule has 1 heterocycles. The van der Waals surface area contributed by atoms with Crippen molar-refractivity contribution in [2.45, 2.75) is 18.3 Å². The molecule has 0 saturated carbocycles. The molecule has 16 heavy (non-hydrogen) atoms. The summed E-state index contributed by atoms with van der Waals surface area (Å²) in [5.41, 5.74) is -1.09. The fourth-order valence-corrected chi connectivity index (χ4v) is 2.07. The molecule has 7 nitrogen and oxygen atoms in total. The summed E-state index contributed by atoms with van der Waals surface area (Å²) in [6.45, 7) is 3.42. The lowest BCUT2D eigenvalue weighted by Gasteiger charge is -2.19. The summed E-state index contributed by atoms with van der Waals surface area (Å²) in [6, 6.07) is 0. The van der Waals surface area contributed by atoms with Crippen LogP contribution in [0.2, 0.25) is 0 Å². The SMILES string of the molecule is O=S(=O)(O)C1NCCCCNCCNCN1. The van der Waals surface area contributed by atoms with Crippen molar-refractivity contribution in [2.24, 2.45) is 0 Å². The predicted molar refractivity (Wildman–Crippen MR) is 61.4 cm³/mol. The van der Waals surface area contributed by atoms with Crippen LogP contribution in [0.1, 0.15) is 12.8 Å². The third-order valence-electron chi connectivity index (χ3n) is 2.30. The van der Waals surface area contributed by atoms with Crippen molar-refractivity contribution in [3.63, 3.8) is 0 Å². The monoisotopic (exact) mass is 252 g/mol. The summed E-state index contributed by atoms with van der Waals surface area (Å²) in [6.07, 6.45) is 1.85. The molecule has 1 unspecified atom stereocenters. The lowest BCUT2D eigenvalue weighted by molar-refractivity contribution is 0.405. The molecule has 0 aromatic carbocycles. The molecule has 0 bridgehead atoms. The van der Waals surface area contributed by atoms with Crippen LogP contribution >= 0.6 is 0 Å². The first-order chi connectivity index (χ1) is 7.61. The Bertz CT molecular complexity index is 271. The van der Waals surface area contributed by atoms with Crippen molar-refractivity contribution < 1.29 is 13.0 Å². The van der Waals surface area contributed by atoms with Gasteiger partial charge in [-0.05, 0) is 25.9 Å². The standard InChI is InChI=1S/C8H20N4O3S/c13-16(14,15)8-11-4-2-1-3-9-5-6-10-7-12-8/h8-12H,1-7H2,(H,13,14,15). The van der Waals surface area contributed by atoms with E-state index in [2.05, 4.69) is 21.3 Å². The molecule has 1 aliphatic heterocycles. The second-order valence-electron chi connectivity index (χ2n) is 3.69. The van der Waals surface area contributed by atoms with Crippen LogP contribution in [0.15, 0.2) is 0 Å². The summed E-state index contributed by atoms with van der Waals surface area (Å²) in [5, 5.41) is 11.7. The van der Waals surface area contributed by atoms with Gasteiger partial charge in [0.25, 0.3) is 10.1 Å². The minimum atomic E-state index is -4.09. The van der Waals surface area contributed by atoms with Gasteiger partial charge in [0.05, 0.1) is 0 Å². The molecule has 96 valence electrons. The average Bonchev–Trinajstić information content (AvgIpc) is 2.16. The first-order valence-electron chi connectivity index (χ1n) is 5.45. The third-order valence-corrected chi connectivity index (χ3v) is 3.23. The van der Waals surface area contributed by atoms with Gasteiger partial charge >= 0.3 is 0 Å². The Morgan fingerprint density at radius 3 is 2.38 bits per heavy atom.